The van der Waals surface area contributed by atoms with Crippen LogP contribution >= 0.6 is 11.3 Å². The Labute approximate surface area is 143 Å². The fourth-order valence-electron chi connectivity index (χ4n) is 5.45. The van der Waals surface area contributed by atoms with Crippen LogP contribution in [0.1, 0.15) is 73.9 Å². The van der Waals surface area contributed by atoms with Crippen LogP contribution in [0.4, 0.5) is 0 Å². The van der Waals surface area contributed by atoms with Crippen molar-refractivity contribution in [2.45, 2.75) is 88.4 Å². The molecule has 3 fully saturated rings. The van der Waals surface area contributed by atoms with Crippen molar-refractivity contribution in [3.63, 3.8) is 0 Å². The largest absolute Gasteiger partial charge is 0.348 e. The van der Waals surface area contributed by atoms with Crippen LogP contribution in [0.3, 0.4) is 0 Å². The molecule has 1 saturated carbocycles. The Hall–Kier alpha value is -0.870. The lowest BCUT2D eigenvalue weighted by Crippen LogP contribution is -3.24. The molecule has 2 N–H and O–H groups in total. The molecule has 1 aromatic rings. The molecule has 3 aliphatic rings. The normalized spacial score (nSPS) is 35.0. The molecule has 2 unspecified atom stereocenters. The molecule has 1 aromatic heterocycles. The van der Waals surface area contributed by atoms with E-state index in [0.717, 1.165) is 23.0 Å². The SMILES string of the molecule is O=C(NC1C[C@H]2CCC[C@@H](C1)[NH+]2C1CCCCC1)c1cccs1. The second-order valence-electron chi connectivity index (χ2n) is 7.78. The molecule has 2 bridgehead atoms. The molecule has 1 amide bonds. The van der Waals surface area contributed by atoms with Crippen LogP contribution in [0.25, 0.3) is 0 Å². The van der Waals surface area contributed by atoms with Crippen molar-refractivity contribution in [1.29, 1.82) is 0 Å². The van der Waals surface area contributed by atoms with Crippen molar-refractivity contribution in [2.24, 2.45) is 0 Å². The van der Waals surface area contributed by atoms with Crippen LogP contribution in [0.2, 0.25) is 0 Å². The third-order valence-electron chi connectivity index (χ3n) is 6.34. The van der Waals surface area contributed by atoms with Crippen LogP contribution in [-0.2, 0) is 0 Å². The molecule has 3 heterocycles. The Morgan fingerprint density at radius 2 is 1.70 bits per heavy atom. The van der Waals surface area contributed by atoms with E-state index in [1.54, 1.807) is 11.3 Å². The Morgan fingerprint density at radius 1 is 1.00 bits per heavy atom. The Balaban J connectivity index is 1.41. The number of hydrogen-bond donors (Lipinski definition) is 2. The zero-order chi connectivity index (χ0) is 15.6. The van der Waals surface area contributed by atoms with E-state index >= 15 is 0 Å². The monoisotopic (exact) mass is 333 g/mol. The van der Waals surface area contributed by atoms with Gasteiger partial charge in [-0.05, 0) is 56.4 Å². The van der Waals surface area contributed by atoms with Gasteiger partial charge in [0.2, 0.25) is 0 Å². The van der Waals surface area contributed by atoms with E-state index < -0.39 is 0 Å². The maximum atomic E-state index is 12.4. The van der Waals surface area contributed by atoms with E-state index in [4.69, 9.17) is 0 Å². The average Bonchev–Trinajstić information content (AvgIpc) is 3.09. The van der Waals surface area contributed by atoms with Gasteiger partial charge in [-0.15, -0.1) is 11.3 Å². The van der Waals surface area contributed by atoms with Gasteiger partial charge in [0.05, 0.1) is 23.0 Å². The summed E-state index contributed by atoms with van der Waals surface area (Å²) < 4.78 is 0. The molecular weight excluding hydrogens is 304 g/mol. The fraction of sp³-hybridized carbons (Fsp3) is 0.737. The second-order valence-corrected chi connectivity index (χ2v) is 8.73. The first-order valence-corrected chi connectivity index (χ1v) is 10.4. The third kappa shape index (κ3) is 3.34. The van der Waals surface area contributed by atoms with E-state index in [0.29, 0.717) is 6.04 Å². The average molecular weight is 334 g/mol. The van der Waals surface area contributed by atoms with Gasteiger partial charge in [0.25, 0.3) is 5.91 Å². The van der Waals surface area contributed by atoms with Crippen LogP contribution < -0.4 is 10.2 Å². The lowest BCUT2D eigenvalue weighted by atomic mass is 9.78. The minimum absolute atomic E-state index is 0.143. The molecule has 1 aliphatic carbocycles. The molecule has 2 aliphatic heterocycles. The van der Waals surface area contributed by atoms with Crippen LogP contribution in [-0.4, -0.2) is 30.1 Å². The van der Waals surface area contributed by atoms with Gasteiger partial charge in [-0.1, -0.05) is 12.5 Å². The van der Waals surface area contributed by atoms with Gasteiger partial charge in [-0.2, -0.15) is 0 Å². The molecule has 126 valence electrons. The number of piperidine rings is 2. The number of rotatable bonds is 3. The van der Waals surface area contributed by atoms with Crippen molar-refractivity contribution < 1.29 is 9.69 Å². The van der Waals surface area contributed by atoms with E-state index in [9.17, 15) is 4.79 Å². The number of amides is 1. The lowest BCUT2D eigenvalue weighted by molar-refractivity contribution is -0.984. The Bertz CT molecular complexity index is 509. The van der Waals surface area contributed by atoms with Crippen molar-refractivity contribution in [1.82, 2.24) is 5.32 Å². The number of nitrogens with one attached hydrogen (secondary N) is 2. The number of carbonyl (C=O) groups is 1. The zero-order valence-corrected chi connectivity index (χ0v) is 14.7. The Morgan fingerprint density at radius 3 is 2.35 bits per heavy atom. The summed E-state index contributed by atoms with van der Waals surface area (Å²) >= 11 is 1.55. The topological polar surface area (TPSA) is 33.5 Å². The molecular formula is C19H29N2OS+. The van der Waals surface area contributed by atoms with Crippen LogP contribution in [0.15, 0.2) is 17.5 Å². The number of carbonyl (C=O) groups excluding carboxylic acids is 1. The van der Waals surface area contributed by atoms with Crippen molar-refractivity contribution in [2.75, 3.05) is 0 Å². The zero-order valence-electron chi connectivity index (χ0n) is 13.9. The summed E-state index contributed by atoms with van der Waals surface area (Å²) in [5.41, 5.74) is 0. The number of thiophene rings is 1. The van der Waals surface area contributed by atoms with Crippen molar-refractivity contribution in [3.8, 4) is 0 Å². The van der Waals surface area contributed by atoms with E-state index in [1.165, 1.54) is 64.2 Å². The smallest absolute Gasteiger partial charge is 0.261 e. The summed E-state index contributed by atoms with van der Waals surface area (Å²) in [6.45, 7) is 0. The number of quaternary nitrogens is 1. The van der Waals surface area contributed by atoms with Gasteiger partial charge in [0.1, 0.15) is 0 Å². The predicted octanol–water partition coefficient (Wildman–Crippen LogP) is 2.78. The minimum atomic E-state index is 0.143. The summed E-state index contributed by atoms with van der Waals surface area (Å²) in [6, 6.07) is 6.78. The van der Waals surface area contributed by atoms with Crippen LogP contribution in [0, 0.1) is 0 Å². The van der Waals surface area contributed by atoms with Crippen LogP contribution in [0.5, 0.6) is 0 Å². The summed E-state index contributed by atoms with van der Waals surface area (Å²) in [4.78, 5) is 15.2. The van der Waals surface area contributed by atoms with Gasteiger partial charge in [-0.3, -0.25) is 4.79 Å². The quantitative estimate of drug-likeness (QED) is 0.876. The first kappa shape index (κ1) is 15.6. The van der Waals surface area contributed by atoms with Gasteiger partial charge < -0.3 is 10.2 Å². The van der Waals surface area contributed by atoms with E-state index in [2.05, 4.69) is 5.32 Å². The van der Waals surface area contributed by atoms with Crippen molar-refractivity contribution >= 4 is 17.2 Å². The number of fused-ring (bicyclic) bond motifs is 2. The van der Waals surface area contributed by atoms with Gasteiger partial charge in [-0.25, -0.2) is 0 Å². The molecule has 0 aromatic carbocycles. The molecule has 4 atom stereocenters. The van der Waals surface area contributed by atoms with Crippen molar-refractivity contribution in [3.05, 3.63) is 22.4 Å². The van der Waals surface area contributed by atoms with E-state index in [1.807, 2.05) is 22.4 Å². The molecule has 4 heteroatoms. The first-order chi connectivity index (χ1) is 11.3. The lowest BCUT2D eigenvalue weighted by Gasteiger charge is -2.50. The van der Waals surface area contributed by atoms with Gasteiger partial charge >= 0.3 is 0 Å². The summed E-state index contributed by atoms with van der Waals surface area (Å²) in [7, 11) is 0. The number of hydrogen-bond acceptors (Lipinski definition) is 2. The predicted molar refractivity (Wildman–Crippen MR) is 94.1 cm³/mol. The summed E-state index contributed by atoms with van der Waals surface area (Å²) in [6.07, 6.45) is 13.7. The second kappa shape index (κ2) is 6.94. The first-order valence-electron chi connectivity index (χ1n) is 9.52. The molecule has 23 heavy (non-hydrogen) atoms. The Kier molecular flexibility index (Phi) is 4.72. The van der Waals surface area contributed by atoms with Gasteiger partial charge in [0, 0.05) is 18.9 Å². The maximum Gasteiger partial charge on any atom is 0.261 e. The standard InChI is InChI=1S/C19H28N2OS/c22-19(18-10-5-11-23-18)20-14-12-16-8-4-9-17(13-14)21(16)15-6-2-1-3-7-15/h5,10-11,14-17H,1-4,6-9,12-13H2,(H,20,22)/p+1/t14?,16-,17+. The summed E-state index contributed by atoms with van der Waals surface area (Å²) in [5.74, 6) is 0.143. The highest BCUT2D eigenvalue weighted by Crippen LogP contribution is 2.26. The highest BCUT2D eigenvalue weighted by atomic mass is 32.1. The fourth-order valence-corrected chi connectivity index (χ4v) is 6.08. The molecule has 0 spiro atoms. The molecule has 4 rings (SSSR count). The molecule has 3 nitrogen and oxygen atoms in total. The summed E-state index contributed by atoms with van der Waals surface area (Å²) in [5, 5.41) is 5.32. The maximum absolute atomic E-state index is 12.4. The van der Waals surface area contributed by atoms with Gasteiger partial charge in [0.15, 0.2) is 0 Å². The third-order valence-corrected chi connectivity index (χ3v) is 7.21. The van der Waals surface area contributed by atoms with E-state index in [-0.39, 0.29) is 5.91 Å². The highest BCUT2D eigenvalue weighted by Gasteiger charge is 2.45. The molecule has 2 saturated heterocycles. The highest BCUT2D eigenvalue weighted by molar-refractivity contribution is 7.12. The molecule has 0 radical (unpaired) electrons. The minimum Gasteiger partial charge on any atom is -0.348 e.